The molecule has 1 unspecified atom stereocenters. The molecule has 0 aliphatic carbocycles. The van der Waals surface area contributed by atoms with Gasteiger partial charge in [-0.25, -0.2) is 0 Å². The third kappa shape index (κ3) is 4.17. The molecule has 2 N–H and O–H groups in total. The van der Waals surface area contributed by atoms with Gasteiger partial charge < -0.3 is 5.73 Å². The minimum atomic E-state index is 0.260. The van der Waals surface area contributed by atoms with Gasteiger partial charge in [0, 0.05) is 23.6 Å². The summed E-state index contributed by atoms with van der Waals surface area (Å²) in [7, 11) is 2.14. The summed E-state index contributed by atoms with van der Waals surface area (Å²) in [5, 5.41) is 0. The van der Waals surface area contributed by atoms with Crippen LogP contribution in [0.1, 0.15) is 17.2 Å². The lowest BCUT2D eigenvalue weighted by molar-refractivity contribution is 0.253. The maximum atomic E-state index is 5.97. The highest BCUT2D eigenvalue weighted by molar-refractivity contribution is 9.10. The lowest BCUT2D eigenvalue weighted by atomic mass is 10.0. The van der Waals surface area contributed by atoms with Crippen molar-refractivity contribution in [2.45, 2.75) is 12.5 Å². The van der Waals surface area contributed by atoms with Crippen LogP contribution in [0.4, 0.5) is 0 Å². The van der Waals surface area contributed by atoms with Crippen LogP contribution in [-0.2, 0) is 6.42 Å². The molecule has 0 heterocycles. The molecule has 0 spiro atoms. The molecule has 0 radical (unpaired) electrons. The first-order valence-electron chi connectivity index (χ1n) is 6.90. The monoisotopic (exact) mass is 332 g/mol. The molecule has 2 aromatic rings. The molecule has 3 heteroatoms. The number of halogens is 1. The van der Waals surface area contributed by atoms with Crippen molar-refractivity contribution in [3.05, 3.63) is 70.2 Å². The summed E-state index contributed by atoms with van der Waals surface area (Å²) >= 11 is 3.53. The molecule has 0 fully saturated rings. The quantitative estimate of drug-likeness (QED) is 0.875. The van der Waals surface area contributed by atoms with Crippen LogP contribution in [0.5, 0.6) is 0 Å². The Morgan fingerprint density at radius 1 is 1.10 bits per heavy atom. The van der Waals surface area contributed by atoms with E-state index in [0.717, 1.165) is 17.4 Å². The minimum absolute atomic E-state index is 0.260. The molecule has 0 aliphatic rings. The van der Waals surface area contributed by atoms with Gasteiger partial charge in [-0.1, -0.05) is 58.4 Å². The van der Waals surface area contributed by atoms with Crippen molar-refractivity contribution in [2.75, 3.05) is 20.1 Å². The maximum absolute atomic E-state index is 5.97. The molecule has 1 atom stereocenters. The van der Waals surface area contributed by atoms with E-state index in [1.54, 1.807) is 0 Å². The SMILES string of the molecule is CN(CCc1ccccc1)C(CN)c1cccc(Br)c1. The molecule has 2 nitrogen and oxygen atoms in total. The lowest BCUT2D eigenvalue weighted by Crippen LogP contribution is -2.32. The van der Waals surface area contributed by atoms with Crippen molar-refractivity contribution in [1.29, 1.82) is 0 Å². The highest BCUT2D eigenvalue weighted by atomic mass is 79.9. The molecule has 106 valence electrons. The van der Waals surface area contributed by atoms with Crippen molar-refractivity contribution >= 4 is 15.9 Å². The molecular weight excluding hydrogens is 312 g/mol. The second-order valence-corrected chi connectivity index (χ2v) is 5.94. The first-order chi connectivity index (χ1) is 9.70. The zero-order valence-electron chi connectivity index (χ0n) is 11.8. The Kier molecular flexibility index (Phi) is 5.77. The van der Waals surface area contributed by atoms with Crippen LogP contribution in [0.15, 0.2) is 59.1 Å². The number of benzene rings is 2. The van der Waals surface area contributed by atoms with E-state index in [0.29, 0.717) is 6.54 Å². The molecule has 0 saturated heterocycles. The maximum Gasteiger partial charge on any atom is 0.0467 e. The minimum Gasteiger partial charge on any atom is -0.329 e. The van der Waals surface area contributed by atoms with E-state index >= 15 is 0 Å². The fourth-order valence-electron chi connectivity index (χ4n) is 2.39. The van der Waals surface area contributed by atoms with Crippen molar-refractivity contribution in [3.63, 3.8) is 0 Å². The molecule has 0 amide bonds. The predicted octanol–water partition coefficient (Wildman–Crippen LogP) is 3.62. The molecular formula is C17H21BrN2. The van der Waals surface area contributed by atoms with Gasteiger partial charge >= 0.3 is 0 Å². The van der Waals surface area contributed by atoms with Crippen molar-refractivity contribution in [3.8, 4) is 0 Å². The zero-order valence-corrected chi connectivity index (χ0v) is 13.4. The Hall–Kier alpha value is -1.16. The third-order valence-corrected chi connectivity index (χ3v) is 4.08. The van der Waals surface area contributed by atoms with Crippen LogP contribution in [0.3, 0.4) is 0 Å². The second-order valence-electron chi connectivity index (χ2n) is 5.02. The summed E-state index contributed by atoms with van der Waals surface area (Å²) in [6.07, 6.45) is 1.04. The average Bonchev–Trinajstić information content (AvgIpc) is 2.47. The van der Waals surface area contributed by atoms with Crippen LogP contribution in [0.25, 0.3) is 0 Å². The Bertz CT molecular complexity index is 528. The highest BCUT2D eigenvalue weighted by Gasteiger charge is 2.15. The van der Waals surface area contributed by atoms with Gasteiger partial charge in [0.25, 0.3) is 0 Å². The van der Waals surface area contributed by atoms with Gasteiger partial charge in [-0.2, -0.15) is 0 Å². The predicted molar refractivity (Wildman–Crippen MR) is 88.7 cm³/mol. The Labute approximate surface area is 129 Å². The van der Waals surface area contributed by atoms with E-state index in [1.807, 2.05) is 6.07 Å². The number of hydrogen-bond acceptors (Lipinski definition) is 2. The van der Waals surface area contributed by atoms with Crippen molar-refractivity contribution < 1.29 is 0 Å². The Balaban J connectivity index is 2.00. The van der Waals surface area contributed by atoms with Crippen LogP contribution in [0, 0.1) is 0 Å². The molecule has 0 aromatic heterocycles. The lowest BCUT2D eigenvalue weighted by Gasteiger charge is -2.27. The summed E-state index contributed by atoms with van der Waals surface area (Å²) < 4.78 is 1.10. The number of nitrogens with two attached hydrogens (primary N) is 1. The van der Waals surface area contributed by atoms with Gasteiger partial charge in [0.05, 0.1) is 0 Å². The standard InChI is InChI=1S/C17H21BrN2/c1-20(11-10-14-6-3-2-4-7-14)17(13-19)15-8-5-9-16(18)12-15/h2-9,12,17H,10-11,13,19H2,1H3. The van der Waals surface area contributed by atoms with Gasteiger partial charge in [0.15, 0.2) is 0 Å². The number of hydrogen-bond donors (Lipinski definition) is 1. The molecule has 0 bridgehead atoms. The first-order valence-corrected chi connectivity index (χ1v) is 7.69. The molecule has 2 aromatic carbocycles. The summed E-state index contributed by atoms with van der Waals surface area (Å²) in [5.41, 5.74) is 8.59. The number of rotatable bonds is 6. The van der Waals surface area contributed by atoms with Gasteiger partial charge in [0.2, 0.25) is 0 Å². The van der Waals surface area contributed by atoms with Crippen LogP contribution >= 0.6 is 15.9 Å². The molecule has 0 aliphatic heterocycles. The van der Waals surface area contributed by atoms with Crippen LogP contribution < -0.4 is 5.73 Å². The van der Waals surface area contributed by atoms with Gasteiger partial charge in [-0.15, -0.1) is 0 Å². The Morgan fingerprint density at radius 2 is 1.85 bits per heavy atom. The summed E-state index contributed by atoms with van der Waals surface area (Å²) in [6, 6.07) is 19.2. The van der Waals surface area contributed by atoms with Crippen LogP contribution in [0.2, 0.25) is 0 Å². The molecule has 0 saturated carbocycles. The number of nitrogens with zero attached hydrogens (tertiary/aromatic N) is 1. The average molecular weight is 333 g/mol. The second kappa shape index (κ2) is 7.58. The molecule has 2 rings (SSSR count). The van der Waals surface area contributed by atoms with E-state index in [2.05, 4.69) is 76.4 Å². The molecule has 20 heavy (non-hydrogen) atoms. The van der Waals surface area contributed by atoms with Gasteiger partial charge in [0.1, 0.15) is 0 Å². The fourth-order valence-corrected chi connectivity index (χ4v) is 2.81. The van der Waals surface area contributed by atoms with Crippen LogP contribution in [-0.4, -0.2) is 25.0 Å². The fraction of sp³-hybridized carbons (Fsp3) is 0.294. The summed E-state index contributed by atoms with van der Waals surface area (Å²) in [5.74, 6) is 0. The topological polar surface area (TPSA) is 29.3 Å². The van der Waals surface area contributed by atoms with E-state index in [9.17, 15) is 0 Å². The van der Waals surface area contributed by atoms with E-state index in [1.165, 1.54) is 11.1 Å². The van der Waals surface area contributed by atoms with Crippen molar-refractivity contribution in [1.82, 2.24) is 4.90 Å². The first kappa shape index (κ1) is 15.2. The van der Waals surface area contributed by atoms with E-state index in [4.69, 9.17) is 5.73 Å². The Morgan fingerprint density at radius 3 is 2.50 bits per heavy atom. The van der Waals surface area contributed by atoms with E-state index < -0.39 is 0 Å². The summed E-state index contributed by atoms with van der Waals surface area (Å²) in [6.45, 7) is 1.63. The normalized spacial score (nSPS) is 12.6. The zero-order chi connectivity index (χ0) is 14.4. The third-order valence-electron chi connectivity index (χ3n) is 3.58. The largest absolute Gasteiger partial charge is 0.329 e. The summed E-state index contributed by atoms with van der Waals surface area (Å²) in [4.78, 5) is 2.33. The van der Waals surface area contributed by atoms with E-state index in [-0.39, 0.29) is 6.04 Å². The number of likely N-dealkylation sites (N-methyl/N-ethyl adjacent to an activating group) is 1. The van der Waals surface area contributed by atoms with Gasteiger partial charge in [-0.05, 0) is 36.7 Å². The van der Waals surface area contributed by atoms with Crippen molar-refractivity contribution in [2.24, 2.45) is 5.73 Å². The van der Waals surface area contributed by atoms with Gasteiger partial charge in [-0.3, -0.25) is 4.90 Å². The highest BCUT2D eigenvalue weighted by Crippen LogP contribution is 2.22. The smallest absolute Gasteiger partial charge is 0.0467 e.